The number of nitro benzene ring substituents is 2. The van der Waals surface area contributed by atoms with Crippen molar-refractivity contribution in [2.75, 3.05) is 0 Å². The van der Waals surface area contributed by atoms with Crippen LogP contribution in [0.25, 0.3) is 21.8 Å². The molecule has 0 aliphatic heterocycles. The number of nitrogens with zero attached hydrogens (tertiary/aromatic N) is 3. The van der Waals surface area contributed by atoms with Gasteiger partial charge in [0.05, 0.1) is 15.4 Å². The second-order valence-electron chi connectivity index (χ2n) is 5.96. The van der Waals surface area contributed by atoms with Gasteiger partial charge in [-0.25, -0.2) is 0 Å². The van der Waals surface area contributed by atoms with Crippen LogP contribution in [-0.2, 0) is 6.54 Å². The number of hydrogen-bond donors (Lipinski definition) is 0. The van der Waals surface area contributed by atoms with Crippen molar-refractivity contribution in [1.82, 2.24) is 4.57 Å². The fourth-order valence-electron chi connectivity index (χ4n) is 3.32. The van der Waals surface area contributed by atoms with E-state index in [1.165, 1.54) is 18.2 Å². The Morgan fingerprint density at radius 3 is 2.27 bits per heavy atom. The molecule has 0 spiro atoms. The fourth-order valence-corrected chi connectivity index (χ4v) is 3.32. The third-order valence-corrected chi connectivity index (χ3v) is 4.44. The maximum Gasteiger partial charge on any atom is 0.293 e. The molecule has 0 fully saturated rings. The molecule has 0 radical (unpaired) electrons. The first-order chi connectivity index (χ1) is 12.6. The molecule has 0 saturated carbocycles. The number of nitro groups is 2. The zero-order valence-electron chi connectivity index (χ0n) is 13.5. The van der Waals surface area contributed by atoms with E-state index in [9.17, 15) is 20.2 Å². The Morgan fingerprint density at radius 2 is 1.58 bits per heavy atom. The molecule has 0 N–H and O–H groups in total. The molecular weight excluding hydrogens is 334 g/mol. The van der Waals surface area contributed by atoms with Crippen molar-refractivity contribution in [2.24, 2.45) is 0 Å². The predicted molar refractivity (Wildman–Crippen MR) is 98.3 cm³/mol. The summed E-state index contributed by atoms with van der Waals surface area (Å²) < 4.78 is 1.85. The maximum absolute atomic E-state index is 11.6. The molecule has 7 heteroatoms. The molecule has 0 aliphatic rings. The smallest absolute Gasteiger partial charge is 0.293 e. The quantitative estimate of drug-likeness (QED) is 0.396. The van der Waals surface area contributed by atoms with E-state index in [1.54, 1.807) is 18.2 Å². The van der Waals surface area contributed by atoms with Gasteiger partial charge in [0.25, 0.3) is 11.4 Å². The number of benzene rings is 3. The summed E-state index contributed by atoms with van der Waals surface area (Å²) in [6, 6.07) is 19.0. The molecule has 0 unspecified atom stereocenters. The van der Waals surface area contributed by atoms with E-state index in [0.29, 0.717) is 22.8 Å². The zero-order chi connectivity index (χ0) is 18.3. The van der Waals surface area contributed by atoms with Gasteiger partial charge in [0, 0.05) is 35.5 Å². The number of non-ortho nitro benzene ring substituents is 2. The van der Waals surface area contributed by atoms with Gasteiger partial charge in [0.15, 0.2) is 0 Å². The second kappa shape index (κ2) is 5.96. The lowest BCUT2D eigenvalue weighted by Gasteiger charge is -2.08. The Balaban J connectivity index is 2.08. The Hall–Kier alpha value is -3.74. The maximum atomic E-state index is 11.6. The van der Waals surface area contributed by atoms with Crippen LogP contribution in [0.1, 0.15) is 5.56 Å². The molecule has 4 aromatic rings. The summed E-state index contributed by atoms with van der Waals surface area (Å²) in [5.41, 5.74) is 2.13. The third kappa shape index (κ3) is 2.46. The van der Waals surface area contributed by atoms with Crippen molar-refractivity contribution in [3.63, 3.8) is 0 Å². The summed E-state index contributed by atoms with van der Waals surface area (Å²) in [5, 5.41) is 24.0. The highest BCUT2D eigenvalue weighted by molar-refractivity contribution is 6.11. The minimum Gasteiger partial charge on any atom is -0.330 e. The zero-order valence-corrected chi connectivity index (χ0v) is 13.5. The van der Waals surface area contributed by atoms with Gasteiger partial charge < -0.3 is 4.57 Å². The first kappa shape index (κ1) is 15.8. The number of para-hydroxylation sites is 1. The van der Waals surface area contributed by atoms with Gasteiger partial charge >= 0.3 is 0 Å². The molecule has 0 saturated heterocycles. The molecule has 7 nitrogen and oxygen atoms in total. The molecule has 1 heterocycles. The van der Waals surface area contributed by atoms with Gasteiger partial charge in [0.2, 0.25) is 0 Å². The first-order valence-corrected chi connectivity index (χ1v) is 7.94. The predicted octanol–water partition coefficient (Wildman–Crippen LogP) is 4.66. The highest BCUT2D eigenvalue weighted by atomic mass is 16.6. The average molecular weight is 347 g/mol. The second-order valence-corrected chi connectivity index (χ2v) is 5.96. The number of hydrogen-bond acceptors (Lipinski definition) is 4. The van der Waals surface area contributed by atoms with E-state index in [1.807, 2.05) is 34.9 Å². The Kier molecular flexibility index (Phi) is 3.62. The lowest BCUT2D eigenvalue weighted by molar-refractivity contribution is -0.384. The lowest BCUT2D eigenvalue weighted by Crippen LogP contribution is -2.01. The van der Waals surface area contributed by atoms with E-state index in [2.05, 4.69) is 0 Å². The molecule has 26 heavy (non-hydrogen) atoms. The summed E-state index contributed by atoms with van der Waals surface area (Å²) in [4.78, 5) is 21.8. The van der Waals surface area contributed by atoms with Crippen LogP contribution < -0.4 is 0 Å². The van der Waals surface area contributed by atoms with Crippen molar-refractivity contribution >= 4 is 33.2 Å². The molecule has 1 aromatic heterocycles. The molecule has 3 aromatic carbocycles. The van der Waals surface area contributed by atoms with Crippen LogP contribution >= 0.6 is 0 Å². The number of aromatic nitrogens is 1. The van der Waals surface area contributed by atoms with Gasteiger partial charge in [-0.1, -0.05) is 42.5 Å². The van der Waals surface area contributed by atoms with Crippen molar-refractivity contribution < 1.29 is 9.85 Å². The normalized spacial score (nSPS) is 11.1. The first-order valence-electron chi connectivity index (χ1n) is 7.94. The van der Waals surface area contributed by atoms with Crippen LogP contribution in [-0.4, -0.2) is 14.4 Å². The van der Waals surface area contributed by atoms with Crippen molar-refractivity contribution in [1.29, 1.82) is 0 Å². The highest BCUT2D eigenvalue weighted by Crippen LogP contribution is 2.36. The molecular formula is C19H13N3O4. The minimum atomic E-state index is -0.461. The van der Waals surface area contributed by atoms with E-state index >= 15 is 0 Å². The van der Waals surface area contributed by atoms with Crippen LogP contribution in [0, 0.1) is 20.2 Å². The van der Waals surface area contributed by atoms with Crippen LogP contribution in [0.5, 0.6) is 0 Å². The van der Waals surface area contributed by atoms with E-state index in [4.69, 9.17) is 0 Å². The Labute approximate surface area is 147 Å². The molecule has 4 rings (SSSR count). The highest BCUT2D eigenvalue weighted by Gasteiger charge is 2.21. The van der Waals surface area contributed by atoms with Gasteiger partial charge in [0.1, 0.15) is 5.52 Å². The van der Waals surface area contributed by atoms with Crippen LogP contribution in [0.15, 0.2) is 66.7 Å². The summed E-state index contributed by atoms with van der Waals surface area (Å²) in [5.74, 6) is 0. The Bertz CT molecular complexity index is 1170. The molecule has 0 aliphatic carbocycles. The molecule has 0 amide bonds. The van der Waals surface area contributed by atoms with Gasteiger partial charge in [-0.2, -0.15) is 0 Å². The number of rotatable bonds is 4. The largest absolute Gasteiger partial charge is 0.330 e. The van der Waals surface area contributed by atoms with Crippen LogP contribution in [0.4, 0.5) is 11.4 Å². The monoisotopic (exact) mass is 347 g/mol. The SMILES string of the molecule is O=[N+]([O-])c1ccc2c(c1)c1cccc([N+](=O)[O-])c1n2Cc1ccccc1. The summed E-state index contributed by atoms with van der Waals surface area (Å²) in [6.45, 7) is 0.434. The van der Waals surface area contributed by atoms with E-state index in [-0.39, 0.29) is 11.4 Å². The molecule has 0 atom stereocenters. The summed E-state index contributed by atoms with van der Waals surface area (Å²) >= 11 is 0. The lowest BCUT2D eigenvalue weighted by atomic mass is 10.1. The van der Waals surface area contributed by atoms with Crippen molar-refractivity contribution in [3.8, 4) is 0 Å². The van der Waals surface area contributed by atoms with Gasteiger partial charge in [-0.05, 0) is 11.6 Å². The minimum absolute atomic E-state index is 0.0164. The van der Waals surface area contributed by atoms with Crippen LogP contribution in [0.2, 0.25) is 0 Å². The van der Waals surface area contributed by atoms with Gasteiger partial charge in [-0.15, -0.1) is 0 Å². The number of fused-ring (bicyclic) bond motifs is 3. The summed E-state index contributed by atoms with van der Waals surface area (Å²) in [6.07, 6.45) is 0. The molecule has 128 valence electrons. The topological polar surface area (TPSA) is 91.2 Å². The van der Waals surface area contributed by atoms with E-state index in [0.717, 1.165) is 11.1 Å². The van der Waals surface area contributed by atoms with E-state index < -0.39 is 9.85 Å². The fraction of sp³-hybridized carbons (Fsp3) is 0.0526. The van der Waals surface area contributed by atoms with Gasteiger partial charge in [-0.3, -0.25) is 20.2 Å². The standard InChI is InChI=1S/C19H13N3O4/c23-21(24)14-9-10-17-16(11-14)15-7-4-8-18(22(25)26)19(15)20(17)12-13-5-2-1-3-6-13/h1-11H,12H2. The third-order valence-electron chi connectivity index (χ3n) is 4.44. The average Bonchev–Trinajstić information content (AvgIpc) is 2.96. The Morgan fingerprint density at radius 1 is 0.808 bits per heavy atom. The van der Waals surface area contributed by atoms with Crippen molar-refractivity contribution in [2.45, 2.75) is 6.54 Å². The van der Waals surface area contributed by atoms with Crippen molar-refractivity contribution in [3.05, 3.63) is 92.5 Å². The molecule has 0 bridgehead atoms. The summed E-state index contributed by atoms with van der Waals surface area (Å²) in [7, 11) is 0. The van der Waals surface area contributed by atoms with Crippen LogP contribution in [0.3, 0.4) is 0 Å².